The van der Waals surface area contributed by atoms with E-state index in [4.69, 9.17) is 5.73 Å². The first-order valence-corrected chi connectivity index (χ1v) is 11.3. The summed E-state index contributed by atoms with van der Waals surface area (Å²) >= 11 is 0. The quantitative estimate of drug-likeness (QED) is 0.395. The largest absolute Gasteiger partial charge is 0.374 e. The monoisotopic (exact) mass is 457 g/mol. The van der Waals surface area contributed by atoms with Gasteiger partial charge >= 0.3 is 0 Å². The Labute approximate surface area is 200 Å². The molecular weight excluding hydrogens is 426 g/mol. The Kier molecular flexibility index (Phi) is 6.79. The van der Waals surface area contributed by atoms with Gasteiger partial charge in [0.05, 0.1) is 11.1 Å². The summed E-state index contributed by atoms with van der Waals surface area (Å²) < 4.78 is 1.86. The molecule has 4 aromatic rings. The molecule has 2 aromatic heterocycles. The lowest BCUT2D eigenvalue weighted by Gasteiger charge is -2.23. The van der Waals surface area contributed by atoms with Crippen LogP contribution in [0, 0.1) is 6.92 Å². The molecule has 0 aliphatic carbocycles. The van der Waals surface area contributed by atoms with E-state index in [0.717, 1.165) is 36.1 Å². The third-order valence-electron chi connectivity index (χ3n) is 5.83. The normalized spacial score (nSPS) is 11.2. The van der Waals surface area contributed by atoms with Crippen molar-refractivity contribution in [3.05, 3.63) is 72.1 Å². The Morgan fingerprint density at radius 2 is 1.88 bits per heavy atom. The summed E-state index contributed by atoms with van der Waals surface area (Å²) in [6.07, 6.45) is 4.53. The number of aromatic nitrogens is 3. The number of carbonyl (C=O) groups excluding carboxylic acids is 1. The minimum absolute atomic E-state index is 0.463. The van der Waals surface area contributed by atoms with Gasteiger partial charge < -0.3 is 25.4 Å². The van der Waals surface area contributed by atoms with Crippen molar-refractivity contribution in [1.29, 1.82) is 0 Å². The first-order valence-electron chi connectivity index (χ1n) is 11.3. The zero-order valence-corrected chi connectivity index (χ0v) is 20.1. The molecule has 0 unspecified atom stereocenters. The fourth-order valence-electron chi connectivity index (χ4n) is 4.14. The number of fused-ring (bicyclic) bond motifs is 1. The summed E-state index contributed by atoms with van der Waals surface area (Å²) in [5.74, 6) is 0.655. The van der Waals surface area contributed by atoms with Crippen LogP contribution in [-0.4, -0.2) is 59.6 Å². The second-order valence-corrected chi connectivity index (χ2v) is 8.74. The van der Waals surface area contributed by atoms with E-state index in [9.17, 15) is 4.79 Å². The van der Waals surface area contributed by atoms with Gasteiger partial charge in [-0.15, -0.1) is 0 Å². The Morgan fingerprint density at radius 1 is 1.09 bits per heavy atom. The summed E-state index contributed by atoms with van der Waals surface area (Å²) in [4.78, 5) is 25.5. The summed E-state index contributed by atoms with van der Waals surface area (Å²) in [6.45, 7) is 4.17. The molecular formula is C26H31N7O. The Balaban J connectivity index is 1.55. The molecule has 8 heteroatoms. The van der Waals surface area contributed by atoms with Crippen molar-refractivity contribution in [2.45, 2.75) is 13.3 Å². The smallest absolute Gasteiger partial charge is 0.250 e. The molecule has 0 saturated carbocycles. The van der Waals surface area contributed by atoms with Crippen molar-refractivity contribution in [3.8, 4) is 5.82 Å². The lowest BCUT2D eigenvalue weighted by molar-refractivity contribution is 0.100. The summed E-state index contributed by atoms with van der Waals surface area (Å²) in [6, 6.07) is 15.7. The average Bonchev–Trinajstić information content (AvgIpc) is 3.19. The molecule has 176 valence electrons. The van der Waals surface area contributed by atoms with Crippen LogP contribution in [0.1, 0.15) is 22.3 Å². The number of carbonyl (C=O) groups is 1. The van der Waals surface area contributed by atoms with Crippen molar-refractivity contribution in [3.63, 3.8) is 0 Å². The zero-order chi connectivity index (χ0) is 24.2. The summed E-state index contributed by atoms with van der Waals surface area (Å²) in [5.41, 5.74) is 10.2. The second kappa shape index (κ2) is 9.93. The predicted octanol–water partition coefficient (Wildman–Crippen LogP) is 3.96. The number of nitrogens with two attached hydrogens (primary N) is 1. The molecule has 0 radical (unpaired) electrons. The maximum Gasteiger partial charge on any atom is 0.250 e. The molecule has 0 aliphatic rings. The van der Waals surface area contributed by atoms with Gasteiger partial charge in [-0.2, -0.15) is 4.98 Å². The SMILES string of the molecule is Cc1cc(Nc2nccc(-n3cc(C(N)=O)c4ccccc43)n2)ccc1N(C)CCCN(C)C. The molecule has 0 saturated heterocycles. The van der Waals surface area contributed by atoms with Gasteiger partial charge in [-0.25, -0.2) is 4.98 Å². The fourth-order valence-corrected chi connectivity index (χ4v) is 4.14. The number of para-hydroxylation sites is 1. The van der Waals surface area contributed by atoms with Crippen LogP contribution in [0.15, 0.2) is 60.9 Å². The second-order valence-electron chi connectivity index (χ2n) is 8.74. The lowest BCUT2D eigenvalue weighted by atomic mass is 10.1. The highest BCUT2D eigenvalue weighted by Gasteiger charge is 2.14. The van der Waals surface area contributed by atoms with E-state index in [-0.39, 0.29) is 0 Å². The topological polar surface area (TPSA) is 92.3 Å². The maximum atomic E-state index is 11.9. The molecule has 1 amide bonds. The number of hydrogen-bond acceptors (Lipinski definition) is 6. The highest BCUT2D eigenvalue weighted by Crippen LogP contribution is 2.26. The molecule has 34 heavy (non-hydrogen) atoms. The summed E-state index contributed by atoms with van der Waals surface area (Å²) in [7, 11) is 6.32. The molecule has 0 spiro atoms. The highest BCUT2D eigenvalue weighted by atomic mass is 16.1. The van der Waals surface area contributed by atoms with Crippen LogP contribution in [-0.2, 0) is 0 Å². The van der Waals surface area contributed by atoms with Crippen molar-refractivity contribution in [2.24, 2.45) is 5.73 Å². The van der Waals surface area contributed by atoms with Crippen molar-refractivity contribution >= 4 is 34.1 Å². The third kappa shape index (κ3) is 5.02. The standard InChI is InChI=1S/C26H31N7O/c1-18-16-19(10-11-22(18)32(4)15-7-14-31(2)3)29-26-28-13-12-24(30-26)33-17-21(25(27)34)20-8-5-6-9-23(20)33/h5-6,8-13,16-17H,7,14-15H2,1-4H3,(H2,27,34)(H,28,29,30). The molecule has 0 fully saturated rings. The van der Waals surface area contributed by atoms with Crippen LogP contribution in [0.5, 0.6) is 0 Å². The number of hydrogen-bond donors (Lipinski definition) is 2. The van der Waals surface area contributed by atoms with Gasteiger partial charge in [0.15, 0.2) is 0 Å². The van der Waals surface area contributed by atoms with Crippen molar-refractivity contribution in [1.82, 2.24) is 19.4 Å². The minimum Gasteiger partial charge on any atom is -0.374 e. The maximum absolute atomic E-state index is 11.9. The number of anilines is 3. The van der Waals surface area contributed by atoms with E-state index in [2.05, 4.69) is 65.3 Å². The van der Waals surface area contributed by atoms with Crippen LogP contribution in [0.2, 0.25) is 0 Å². The van der Waals surface area contributed by atoms with Crippen molar-refractivity contribution in [2.75, 3.05) is 44.4 Å². The van der Waals surface area contributed by atoms with Crippen LogP contribution in [0.4, 0.5) is 17.3 Å². The minimum atomic E-state index is -0.468. The highest BCUT2D eigenvalue weighted by molar-refractivity contribution is 6.06. The predicted molar refractivity (Wildman–Crippen MR) is 138 cm³/mol. The van der Waals surface area contributed by atoms with E-state index in [1.807, 2.05) is 34.9 Å². The van der Waals surface area contributed by atoms with Gasteiger partial charge in [-0.05, 0) is 69.9 Å². The van der Waals surface area contributed by atoms with E-state index in [1.165, 1.54) is 11.3 Å². The number of aryl methyl sites for hydroxylation is 1. The Bertz CT molecular complexity index is 1310. The van der Waals surface area contributed by atoms with E-state index in [0.29, 0.717) is 17.3 Å². The number of primary amides is 1. The van der Waals surface area contributed by atoms with Gasteiger partial charge in [0.1, 0.15) is 5.82 Å². The number of nitrogens with zero attached hydrogens (tertiary/aromatic N) is 5. The average molecular weight is 458 g/mol. The van der Waals surface area contributed by atoms with Gasteiger partial charge in [0.25, 0.3) is 5.91 Å². The Hall–Kier alpha value is -3.91. The molecule has 0 aliphatic heterocycles. The van der Waals surface area contributed by atoms with Crippen LogP contribution in [0.25, 0.3) is 16.7 Å². The van der Waals surface area contributed by atoms with Crippen molar-refractivity contribution < 1.29 is 4.79 Å². The lowest BCUT2D eigenvalue weighted by Crippen LogP contribution is -2.23. The van der Waals surface area contributed by atoms with E-state index in [1.54, 1.807) is 18.5 Å². The van der Waals surface area contributed by atoms with Gasteiger partial charge in [0, 0.05) is 42.7 Å². The number of benzene rings is 2. The van der Waals surface area contributed by atoms with E-state index >= 15 is 0 Å². The van der Waals surface area contributed by atoms with Gasteiger partial charge in [-0.3, -0.25) is 4.79 Å². The number of nitrogens with one attached hydrogen (secondary N) is 1. The first kappa shape index (κ1) is 23.3. The molecule has 2 aromatic carbocycles. The van der Waals surface area contributed by atoms with E-state index < -0.39 is 5.91 Å². The van der Waals surface area contributed by atoms with Gasteiger partial charge in [0.2, 0.25) is 5.95 Å². The zero-order valence-electron chi connectivity index (χ0n) is 20.1. The molecule has 8 nitrogen and oxygen atoms in total. The summed E-state index contributed by atoms with van der Waals surface area (Å²) in [5, 5.41) is 4.10. The fraction of sp³-hybridized carbons (Fsp3) is 0.269. The molecule has 4 rings (SSSR count). The van der Waals surface area contributed by atoms with Gasteiger partial charge in [-0.1, -0.05) is 18.2 Å². The van der Waals surface area contributed by atoms with Crippen LogP contribution in [0.3, 0.4) is 0 Å². The number of rotatable bonds is 9. The molecule has 3 N–H and O–H groups in total. The third-order valence-corrected chi connectivity index (χ3v) is 5.83. The van der Waals surface area contributed by atoms with Crippen LogP contribution < -0.4 is 16.0 Å². The Morgan fingerprint density at radius 3 is 2.62 bits per heavy atom. The van der Waals surface area contributed by atoms with Crippen LogP contribution >= 0.6 is 0 Å². The molecule has 0 bridgehead atoms. The first-order chi connectivity index (χ1) is 16.3. The molecule has 0 atom stereocenters. The number of amides is 1. The molecule has 2 heterocycles.